The van der Waals surface area contributed by atoms with Gasteiger partial charge in [0.25, 0.3) is 0 Å². The number of hydrogen-bond acceptors (Lipinski definition) is 3. The number of hydrogen-bond donors (Lipinski definition) is 1. The predicted octanol–water partition coefficient (Wildman–Crippen LogP) is 0.617. The number of aliphatic imine (C=N–C) groups is 1. The molecular weight excluding hydrogens is 176 g/mol. The number of nitrogens with zero attached hydrogens (tertiary/aromatic N) is 1. The Bertz CT molecular complexity index is 555. The minimum Gasteiger partial charge on any atom is -0.389 e. The van der Waals surface area contributed by atoms with Crippen LogP contribution in [0.3, 0.4) is 0 Å². The summed E-state index contributed by atoms with van der Waals surface area (Å²) in [5.41, 5.74) is 4.97. The molecule has 3 rings (SSSR count). The quantitative estimate of drug-likeness (QED) is 0.641. The molecule has 2 heterocycles. The SMILES string of the molecule is C1=Cc2ccc3c(c2=CN=C1)=CON3. The van der Waals surface area contributed by atoms with Gasteiger partial charge in [-0.05, 0) is 17.7 Å². The molecule has 0 saturated carbocycles. The maximum absolute atomic E-state index is 5.05. The van der Waals surface area contributed by atoms with E-state index < -0.39 is 0 Å². The summed E-state index contributed by atoms with van der Waals surface area (Å²) < 4.78 is 0. The van der Waals surface area contributed by atoms with Crippen molar-refractivity contribution in [3.63, 3.8) is 0 Å². The van der Waals surface area contributed by atoms with Crippen LogP contribution in [0.5, 0.6) is 0 Å². The molecule has 68 valence electrons. The van der Waals surface area contributed by atoms with Gasteiger partial charge in [0.2, 0.25) is 0 Å². The molecule has 0 unspecified atom stereocenters. The Labute approximate surface area is 80.7 Å². The average Bonchev–Trinajstić information content (AvgIpc) is 2.55. The van der Waals surface area contributed by atoms with Crippen molar-refractivity contribution in [3.8, 4) is 0 Å². The Morgan fingerprint density at radius 3 is 3.21 bits per heavy atom. The van der Waals surface area contributed by atoms with Crippen molar-refractivity contribution in [2.45, 2.75) is 0 Å². The van der Waals surface area contributed by atoms with Crippen LogP contribution in [0.25, 0.3) is 18.5 Å². The lowest BCUT2D eigenvalue weighted by atomic mass is 10.1. The van der Waals surface area contributed by atoms with E-state index in [0.717, 1.165) is 21.7 Å². The predicted molar refractivity (Wildman–Crippen MR) is 56.9 cm³/mol. The largest absolute Gasteiger partial charge is 0.389 e. The van der Waals surface area contributed by atoms with Gasteiger partial charge in [-0.2, -0.15) is 0 Å². The average molecular weight is 184 g/mol. The second-order valence-corrected chi connectivity index (χ2v) is 3.15. The number of anilines is 1. The first-order valence-electron chi connectivity index (χ1n) is 4.40. The van der Waals surface area contributed by atoms with Crippen molar-refractivity contribution in [2.24, 2.45) is 4.99 Å². The Hall–Kier alpha value is -2.03. The number of fused-ring (bicyclic) bond motifs is 3. The molecule has 3 nitrogen and oxygen atoms in total. The molecular formula is C11H8N2O. The number of nitrogens with one attached hydrogen (secondary N) is 1. The van der Waals surface area contributed by atoms with Crippen molar-refractivity contribution < 1.29 is 4.84 Å². The summed E-state index contributed by atoms with van der Waals surface area (Å²) in [6.45, 7) is 0. The number of allylic oxidation sites excluding steroid dienone is 1. The first-order chi connectivity index (χ1) is 6.95. The van der Waals surface area contributed by atoms with Crippen molar-refractivity contribution in [1.82, 2.24) is 0 Å². The summed E-state index contributed by atoms with van der Waals surface area (Å²) in [6, 6.07) is 4.05. The normalized spacial score (nSPS) is 15.4. The third-order valence-electron chi connectivity index (χ3n) is 2.32. The lowest BCUT2D eigenvalue weighted by Crippen LogP contribution is -2.26. The molecule has 1 aromatic rings. The van der Waals surface area contributed by atoms with Crippen LogP contribution in [0.4, 0.5) is 5.69 Å². The highest BCUT2D eigenvalue weighted by Crippen LogP contribution is 2.06. The Morgan fingerprint density at radius 2 is 2.21 bits per heavy atom. The zero-order chi connectivity index (χ0) is 9.38. The van der Waals surface area contributed by atoms with Crippen LogP contribution in [-0.2, 0) is 4.84 Å². The summed E-state index contributed by atoms with van der Waals surface area (Å²) in [7, 11) is 0. The first-order valence-corrected chi connectivity index (χ1v) is 4.40. The fourth-order valence-electron chi connectivity index (χ4n) is 1.62. The van der Waals surface area contributed by atoms with Gasteiger partial charge in [0.1, 0.15) is 6.26 Å². The van der Waals surface area contributed by atoms with Gasteiger partial charge < -0.3 is 4.84 Å². The van der Waals surface area contributed by atoms with Crippen LogP contribution >= 0.6 is 0 Å². The van der Waals surface area contributed by atoms with Gasteiger partial charge in [0.15, 0.2) is 0 Å². The molecule has 0 spiro atoms. The van der Waals surface area contributed by atoms with Gasteiger partial charge in [-0.1, -0.05) is 12.1 Å². The lowest BCUT2D eigenvalue weighted by molar-refractivity contribution is 0.395. The van der Waals surface area contributed by atoms with Gasteiger partial charge in [-0.25, -0.2) is 5.48 Å². The third-order valence-corrected chi connectivity index (χ3v) is 2.32. The molecule has 0 amide bonds. The van der Waals surface area contributed by atoms with E-state index >= 15 is 0 Å². The molecule has 0 radical (unpaired) electrons. The lowest BCUT2D eigenvalue weighted by Gasteiger charge is -1.98. The summed E-state index contributed by atoms with van der Waals surface area (Å²) in [5.74, 6) is 0. The third kappa shape index (κ3) is 0.956. The zero-order valence-corrected chi connectivity index (χ0v) is 7.40. The van der Waals surface area contributed by atoms with Gasteiger partial charge >= 0.3 is 0 Å². The Kier molecular flexibility index (Phi) is 1.44. The zero-order valence-electron chi connectivity index (χ0n) is 7.40. The minimum absolute atomic E-state index is 0.991. The van der Waals surface area contributed by atoms with Gasteiger partial charge in [-0.3, -0.25) is 4.99 Å². The van der Waals surface area contributed by atoms with Crippen molar-refractivity contribution in [2.75, 3.05) is 5.48 Å². The number of benzene rings is 1. The van der Waals surface area contributed by atoms with E-state index in [2.05, 4.69) is 10.5 Å². The smallest absolute Gasteiger partial charge is 0.129 e. The van der Waals surface area contributed by atoms with Crippen LogP contribution in [0.15, 0.2) is 23.2 Å². The summed E-state index contributed by atoms with van der Waals surface area (Å²) >= 11 is 0. The van der Waals surface area contributed by atoms with E-state index in [0.29, 0.717) is 0 Å². The molecule has 3 heteroatoms. The molecule has 0 aromatic heterocycles. The molecule has 0 aliphatic carbocycles. The second kappa shape index (κ2) is 2.73. The standard InChI is InChI=1S/C11H8N2O/c1-2-8-3-4-11-10(7-14-13-11)9(8)6-12-5-1/h1-7,13H. The molecule has 2 aliphatic rings. The van der Waals surface area contributed by atoms with Crippen molar-refractivity contribution >= 4 is 30.4 Å². The molecule has 0 atom stereocenters. The summed E-state index contributed by atoms with van der Waals surface area (Å²) in [6.07, 6.45) is 9.29. The molecule has 0 bridgehead atoms. The molecule has 1 aromatic carbocycles. The maximum Gasteiger partial charge on any atom is 0.129 e. The summed E-state index contributed by atoms with van der Waals surface area (Å²) in [4.78, 5) is 9.20. The second-order valence-electron chi connectivity index (χ2n) is 3.15. The van der Waals surface area contributed by atoms with Crippen LogP contribution in [0.2, 0.25) is 0 Å². The van der Waals surface area contributed by atoms with Crippen LogP contribution in [0, 0.1) is 0 Å². The molecule has 0 saturated heterocycles. The highest BCUT2D eigenvalue weighted by molar-refractivity contribution is 5.82. The molecule has 2 aliphatic heterocycles. The van der Waals surface area contributed by atoms with E-state index in [-0.39, 0.29) is 0 Å². The van der Waals surface area contributed by atoms with Gasteiger partial charge in [-0.15, -0.1) is 0 Å². The highest BCUT2D eigenvalue weighted by Gasteiger charge is 2.06. The number of rotatable bonds is 0. The van der Waals surface area contributed by atoms with Crippen molar-refractivity contribution in [1.29, 1.82) is 0 Å². The van der Waals surface area contributed by atoms with E-state index in [1.54, 1.807) is 12.5 Å². The van der Waals surface area contributed by atoms with Crippen LogP contribution in [-0.4, -0.2) is 6.21 Å². The van der Waals surface area contributed by atoms with Crippen LogP contribution in [0.1, 0.15) is 5.56 Å². The topological polar surface area (TPSA) is 33.6 Å². The highest BCUT2D eigenvalue weighted by atomic mass is 16.6. The molecule has 0 fully saturated rings. The first kappa shape index (κ1) is 7.38. The monoisotopic (exact) mass is 184 g/mol. The van der Waals surface area contributed by atoms with E-state index in [1.165, 1.54) is 0 Å². The fourth-order valence-corrected chi connectivity index (χ4v) is 1.62. The molecule has 1 N–H and O–H groups in total. The Balaban J connectivity index is 2.47. The minimum atomic E-state index is 0.991. The van der Waals surface area contributed by atoms with Crippen molar-refractivity contribution in [3.05, 3.63) is 34.2 Å². The van der Waals surface area contributed by atoms with Gasteiger partial charge in [0, 0.05) is 22.9 Å². The van der Waals surface area contributed by atoms with E-state index in [4.69, 9.17) is 4.84 Å². The van der Waals surface area contributed by atoms with E-state index in [1.807, 2.05) is 30.5 Å². The van der Waals surface area contributed by atoms with Gasteiger partial charge in [0.05, 0.1) is 5.69 Å². The summed E-state index contributed by atoms with van der Waals surface area (Å²) in [5, 5.41) is 2.16. The van der Waals surface area contributed by atoms with E-state index in [9.17, 15) is 0 Å². The Morgan fingerprint density at radius 1 is 1.21 bits per heavy atom. The maximum atomic E-state index is 5.05. The van der Waals surface area contributed by atoms with Crippen LogP contribution < -0.4 is 15.9 Å². The molecule has 14 heavy (non-hydrogen) atoms. The fraction of sp³-hybridized carbons (Fsp3) is 0.